The summed E-state index contributed by atoms with van der Waals surface area (Å²) in [6.07, 6.45) is 0. The van der Waals surface area contributed by atoms with Gasteiger partial charge in [-0.3, -0.25) is 14.9 Å². The summed E-state index contributed by atoms with van der Waals surface area (Å²) in [4.78, 5) is 21.8. The van der Waals surface area contributed by atoms with Crippen LogP contribution in [-0.2, 0) is 0 Å². The molecule has 0 bridgehead atoms. The van der Waals surface area contributed by atoms with Gasteiger partial charge >= 0.3 is 0 Å². The number of nitrogens with one attached hydrogen (secondary N) is 1. The van der Waals surface area contributed by atoms with Crippen molar-refractivity contribution in [3.63, 3.8) is 0 Å². The number of Topliss-reactive ketones (excluding diaryl/α,β-unsaturated/α-hetero) is 1. The molecule has 0 saturated heterocycles. The molecule has 0 saturated carbocycles. The first-order valence-corrected chi connectivity index (χ1v) is 5.69. The van der Waals surface area contributed by atoms with Crippen LogP contribution in [0.25, 0.3) is 0 Å². The van der Waals surface area contributed by atoms with Crippen molar-refractivity contribution in [2.24, 2.45) is 0 Å². The topological polar surface area (TPSA) is 72.2 Å². The van der Waals surface area contributed by atoms with Crippen molar-refractivity contribution in [3.05, 3.63) is 64.2 Å². The van der Waals surface area contributed by atoms with Crippen LogP contribution in [0.3, 0.4) is 0 Å². The summed E-state index contributed by atoms with van der Waals surface area (Å²) in [6.45, 7) is 1.38. The molecule has 1 N–H and O–H groups in total. The van der Waals surface area contributed by atoms with Crippen molar-refractivity contribution in [1.29, 1.82) is 0 Å². The van der Waals surface area contributed by atoms with Gasteiger partial charge < -0.3 is 5.32 Å². The Morgan fingerprint density at radius 3 is 2.42 bits per heavy atom. The minimum Gasteiger partial charge on any atom is -0.350 e. The molecule has 19 heavy (non-hydrogen) atoms. The molecule has 96 valence electrons. The fourth-order valence-electron chi connectivity index (χ4n) is 1.68. The smallest absolute Gasteiger partial charge is 0.293 e. The first-order valence-electron chi connectivity index (χ1n) is 5.69. The average molecular weight is 256 g/mol. The van der Waals surface area contributed by atoms with E-state index in [0.29, 0.717) is 11.3 Å². The summed E-state index contributed by atoms with van der Waals surface area (Å²) in [5.74, 6) is -0.200. The van der Waals surface area contributed by atoms with E-state index < -0.39 is 4.92 Å². The SMILES string of the molecule is CC(=O)c1ccc(Nc2ccccc2)c([N+](=O)[O-])c1. The number of anilines is 2. The largest absolute Gasteiger partial charge is 0.350 e. The molecule has 0 aromatic heterocycles. The lowest BCUT2D eigenvalue weighted by molar-refractivity contribution is -0.383. The van der Waals surface area contributed by atoms with Gasteiger partial charge in [0.2, 0.25) is 0 Å². The number of benzene rings is 2. The highest BCUT2D eigenvalue weighted by Gasteiger charge is 2.16. The number of hydrogen-bond donors (Lipinski definition) is 1. The minimum absolute atomic E-state index is 0.114. The number of carbonyl (C=O) groups excluding carboxylic acids is 1. The van der Waals surface area contributed by atoms with Gasteiger partial charge in [-0.1, -0.05) is 18.2 Å². The van der Waals surface area contributed by atoms with Crippen LogP contribution in [0.5, 0.6) is 0 Å². The van der Waals surface area contributed by atoms with Gasteiger partial charge in [-0.05, 0) is 31.2 Å². The molecule has 0 aliphatic carbocycles. The van der Waals surface area contributed by atoms with E-state index in [2.05, 4.69) is 5.32 Å². The summed E-state index contributed by atoms with van der Waals surface area (Å²) in [6, 6.07) is 13.5. The zero-order chi connectivity index (χ0) is 13.8. The Bertz CT molecular complexity index is 624. The molecule has 0 aliphatic heterocycles. The molecule has 2 aromatic carbocycles. The van der Waals surface area contributed by atoms with E-state index >= 15 is 0 Å². The van der Waals surface area contributed by atoms with Gasteiger partial charge in [0, 0.05) is 17.3 Å². The summed E-state index contributed by atoms with van der Waals surface area (Å²) in [5.41, 5.74) is 1.32. The molecule has 0 fully saturated rings. The van der Waals surface area contributed by atoms with E-state index in [-0.39, 0.29) is 11.5 Å². The number of nitro benzene ring substituents is 1. The zero-order valence-electron chi connectivity index (χ0n) is 10.3. The second-order valence-corrected chi connectivity index (χ2v) is 4.04. The predicted molar refractivity (Wildman–Crippen MR) is 72.8 cm³/mol. The Hall–Kier alpha value is -2.69. The van der Waals surface area contributed by atoms with E-state index in [1.807, 2.05) is 30.3 Å². The monoisotopic (exact) mass is 256 g/mol. The van der Waals surface area contributed by atoms with Crippen LogP contribution < -0.4 is 5.32 Å². The quantitative estimate of drug-likeness (QED) is 0.516. The molecule has 5 heteroatoms. The Morgan fingerprint density at radius 2 is 1.84 bits per heavy atom. The molecular formula is C14H12N2O3. The molecule has 0 radical (unpaired) electrons. The Labute approximate surface area is 110 Å². The van der Waals surface area contributed by atoms with Gasteiger partial charge in [0.1, 0.15) is 5.69 Å². The molecule has 0 amide bonds. The number of carbonyl (C=O) groups is 1. The van der Waals surface area contributed by atoms with Gasteiger partial charge in [-0.15, -0.1) is 0 Å². The molecule has 2 rings (SSSR count). The van der Waals surface area contributed by atoms with Gasteiger partial charge in [-0.2, -0.15) is 0 Å². The van der Waals surface area contributed by atoms with E-state index in [1.54, 1.807) is 12.1 Å². The van der Waals surface area contributed by atoms with Crippen LogP contribution >= 0.6 is 0 Å². The maximum atomic E-state index is 11.2. The maximum Gasteiger partial charge on any atom is 0.293 e. The predicted octanol–water partition coefficient (Wildman–Crippen LogP) is 3.54. The molecule has 0 atom stereocenters. The summed E-state index contributed by atoms with van der Waals surface area (Å²) >= 11 is 0. The normalized spacial score (nSPS) is 9.95. The molecule has 0 aliphatic rings. The lowest BCUT2D eigenvalue weighted by Gasteiger charge is -2.07. The number of ketones is 1. The second-order valence-electron chi connectivity index (χ2n) is 4.04. The fourth-order valence-corrected chi connectivity index (χ4v) is 1.68. The zero-order valence-corrected chi connectivity index (χ0v) is 10.3. The van der Waals surface area contributed by atoms with Crippen molar-refractivity contribution < 1.29 is 9.72 Å². The summed E-state index contributed by atoms with van der Waals surface area (Å²) in [5, 5.41) is 14.0. The Balaban J connectivity index is 2.40. The lowest BCUT2D eigenvalue weighted by atomic mass is 10.1. The van der Waals surface area contributed by atoms with Crippen molar-refractivity contribution in [2.75, 3.05) is 5.32 Å². The third kappa shape index (κ3) is 2.95. The van der Waals surface area contributed by atoms with Gasteiger partial charge in [0.15, 0.2) is 5.78 Å². The van der Waals surface area contributed by atoms with Crippen LogP contribution in [0, 0.1) is 10.1 Å². The van der Waals surface area contributed by atoms with E-state index in [9.17, 15) is 14.9 Å². The molecule has 0 spiro atoms. The lowest BCUT2D eigenvalue weighted by Crippen LogP contribution is -2.00. The highest BCUT2D eigenvalue weighted by Crippen LogP contribution is 2.28. The highest BCUT2D eigenvalue weighted by atomic mass is 16.6. The molecular weight excluding hydrogens is 244 g/mol. The van der Waals surface area contributed by atoms with E-state index in [4.69, 9.17) is 0 Å². The van der Waals surface area contributed by atoms with Gasteiger partial charge in [0.25, 0.3) is 5.69 Å². The molecule has 5 nitrogen and oxygen atoms in total. The minimum atomic E-state index is -0.502. The van der Waals surface area contributed by atoms with Crippen LogP contribution in [0.4, 0.5) is 17.1 Å². The van der Waals surface area contributed by atoms with Crippen LogP contribution in [0.1, 0.15) is 17.3 Å². The average Bonchev–Trinajstić information content (AvgIpc) is 2.39. The molecule has 0 heterocycles. The first kappa shape index (κ1) is 12.8. The third-order valence-corrected chi connectivity index (χ3v) is 2.65. The summed E-state index contributed by atoms with van der Waals surface area (Å²) < 4.78 is 0. The Morgan fingerprint density at radius 1 is 1.16 bits per heavy atom. The van der Waals surface area contributed by atoms with Crippen molar-refractivity contribution in [1.82, 2.24) is 0 Å². The van der Waals surface area contributed by atoms with Gasteiger partial charge in [0.05, 0.1) is 4.92 Å². The number of para-hydroxylation sites is 1. The number of rotatable bonds is 4. The van der Waals surface area contributed by atoms with E-state index in [1.165, 1.54) is 13.0 Å². The van der Waals surface area contributed by atoms with Crippen molar-refractivity contribution in [3.8, 4) is 0 Å². The third-order valence-electron chi connectivity index (χ3n) is 2.65. The summed E-state index contributed by atoms with van der Waals surface area (Å²) in [7, 11) is 0. The van der Waals surface area contributed by atoms with E-state index in [0.717, 1.165) is 5.69 Å². The standard InChI is InChI=1S/C14H12N2O3/c1-10(17)11-7-8-13(14(9-11)16(18)19)15-12-5-3-2-4-6-12/h2-9,15H,1H3. The number of nitrogens with zero attached hydrogens (tertiary/aromatic N) is 1. The van der Waals surface area contributed by atoms with Crippen LogP contribution in [0.15, 0.2) is 48.5 Å². The van der Waals surface area contributed by atoms with Crippen LogP contribution in [-0.4, -0.2) is 10.7 Å². The molecule has 0 unspecified atom stereocenters. The first-order chi connectivity index (χ1) is 9.08. The maximum absolute atomic E-state index is 11.2. The molecule has 2 aromatic rings. The van der Waals surface area contributed by atoms with Gasteiger partial charge in [-0.25, -0.2) is 0 Å². The fraction of sp³-hybridized carbons (Fsp3) is 0.0714. The number of nitro groups is 1. The van der Waals surface area contributed by atoms with Crippen molar-refractivity contribution >= 4 is 22.8 Å². The van der Waals surface area contributed by atoms with Crippen LogP contribution in [0.2, 0.25) is 0 Å². The highest BCUT2D eigenvalue weighted by molar-refractivity contribution is 5.95. The Kier molecular flexibility index (Phi) is 3.56. The second kappa shape index (κ2) is 5.30. The number of hydrogen-bond acceptors (Lipinski definition) is 4. The van der Waals surface area contributed by atoms with Crippen molar-refractivity contribution in [2.45, 2.75) is 6.92 Å².